The minimum atomic E-state index is -0.546. The van der Waals surface area contributed by atoms with Crippen LogP contribution >= 0.6 is 11.3 Å². The highest BCUT2D eigenvalue weighted by Crippen LogP contribution is 2.29. The van der Waals surface area contributed by atoms with E-state index in [-0.39, 0.29) is 5.91 Å². The van der Waals surface area contributed by atoms with Crippen molar-refractivity contribution in [2.75, 3.05) is 18.5 Å². The Morgan fingerprint density at radius 3 is 2.91 bits per heavy atom. The summed E-state index contributed by atoms with van der Waals surface area (Å²) < 4.78 is 6.42. The molecule has 2 aromatic rings. The van der Waals surface area contributed by atoms with Crippen LogP contribution in [0.25, 0.3) is 10.2 Å². The van der Waals surface area contributed by atoms with Crippen LogP contribution in [0.15, 0.2) is 18.2 Å². The maximum atomic E-state index is 11.9. The van der Waals surface area contributed by atoms with Gasteiger partial charge in [-0.3, -0.25) is 4.79 Å². The van der Waals surface area contributed by atoms with Gasteiger partial charge in [-0.2, -0.15) is 0 Å². The molecule has 7 nitrogen and oxygen atoms in total. The molecule has 0 spiro atoms. The number of carbonyl (C=O) groups excluding carboxylic acids is 2. The standard InChI is InChI=1S/C15H20N4O3S/c1-2-22-10-6-7-11-12(9-10)23-15(18-11)19-13(20)5-3-4-8-17-14(16)21/h6-7,9H,2-5,8H2,1H3,(H3,16,17,21)(H,18,19,20). The van der Waals surface area contributed by atoms with E-state index in [0.717, 1.165) is 16.0 Å². The lowest BCUT2D eigenvalue weighted by molar-refractivity contribution is -0.116. The van der Waals surface area contributed by atoms with Gasteiger partial charge < -0.3 is 21.1 Å². The maximum absolute atomic E-state index is 11.9. The quantitative estimate of drug-likeness (QED) is 0.644. The first-order valence-corrected chi connectivity index (χ1v) is 8.26. The fourth-order valence-corrected chi connectivity index (χ4v) is 2.93. The zero-order valence-electron chi connectivity index (χ0n) is 12.9. The molecule has 0 unspecified atom stereocenters. The van der Waals surface area contributed by atoms with Gasteiger partial charge in [0.05, 0.1) is 16.8 Å². The number of nitrogens with two attached hydrogens (primary N) is 1. The molecule has 0 saturated heterocycles. The summed E-state index contributed by atoms with van der Waals surface area (Å²) >= 11 is 1.42. The molecule has 1 aromatic heterocycles. The van der Waals surface area contributed by atoms with E-state index in [2.05, 4.69) is 15.6 Å². The Hall–Kier alpha value is -2.35. The number of nitrogens with zero attached hydrogens (tertiary/aromatic N) is 1. The van der Waals surface area contributed by atoms with E-state index in [4.69, 9.17) is 10.5 Å². The average molecular weight is 336 g/mol. The third-order valence-electron chi connectivity index (χ3n) is 3.05. The first-order chi connectivity index (χ1) is 11.1. The predicted octanol–water partition coefficient (Wildman–Crippen LogP) is 2.47. The minimum Gasteiger partial charge on any atom is -0.494 e. The number of nitrogens with one attached hydrogen (secondary N) is 2. The Labute approximate surface area is 138 Å². The summed E-state index contributed by atoms with van der Waals surface area (Å²) in [5.74, 6) is 0.705. The summed E-state index contributed by atoms with van der Waals surface area (Å²) in [5.41, 5.74) is 5.79. The third kappa shape index (κ3) is 5.41. The summed E-state index contributed by atoms with van der Waals surface area (Å²) in [5, 5.41) is 5.86. The van der Waals surface area contributed by atoms with Gasteiger partial charge in [0.25, 0.3) is 0 Å². The Morgan fingerprint density at radius 1 is 1.35 bits per heavy atom. The van der Waals surface area contributed by atoms with Crippen LogP contribution in [-0.4, -0.2) is 30.1 Å². The van der Waals surface area contributed by atoms with E-state index < -0.39 is 6.03 Å². The minimum absolute atomic E-state index is 0.0897. The number of anilines is 1. The summed E-state index contributed by atoms with van der Waals surface area (Å²) in [6.45, 7) is 3.02. The van der Waals surface area contributed by atoms with Crippen LogP contribution in [-0.2, 0) is 4.79 Å². The lowest BCUT2D eigenvalue weighted by Gasteiger charge is -2.02. The molecule has 0 aliphatic carbocycles. The molecule has 23 heavy (non-hydrogen) atoms. The molecule has 0 fully saturated rings. The fourth-order valence-electron chi connectivity index (χ4n) is 2.02. The number of urea groups is 1. The number of rotatable bonds is 8. The topological polar surface area (TPSA) is 106 Å². The number of primary amides is 1. The number of benzene rings is 1. The molecular weight excluding hydrogens is 316 g/mol. The van der Waals surface area contributed by atoms with Crippen LogP contribution < -0.4 is 21.1 Å². The Bertz CT molecular complexity index is 686. The van der Waals surface area contributed by atoms with Crippen molar-refractivity contribution < 1.29 is 14.3 Å². The van der Waals surface area contributed by atoms with E-state index in [1.165, 1.54) is 11.3 Å². The molecule has 0 aliphatic heterocycles. The van der Waals surface area contributed by atoms with Gasteiger partial charge in [0.15, 0.2) is 5.13 Å². The third-order valence-corrected chi connectivity index (χ3v) is 3.98. The van der Waals surface area contributed by atoms with Gasteiger partial charge in [-0.05, 0) is 38.0 Å². The van der Waals surface area contributed by atoms with E-state index in [1.807, 2.05) is 25.1 Å². The Balaban J connectivity index is 1.83. The molecule has 0 radical (unpaired) electrons. The number of carbonyl (C=O) groups is 2. The van der Waals surface area contributed by atoms with Crippen molar-refractivity contribution in [2.24, 2.45) is 5.73 Å². The van der Waals surface area contributed by atoms with Gasteiger partial charge in [0.1, 0.15) is 5.75 Å². The molecule has 8 heteroatoms. The lowest BCUT2D eigenvalue weighted by Crippen LogP contribution is -2.30. The van der Waals surface area contributed by atoms with Crippen LogP contribution in [0.3, 0.4) is 0 Å². The van der Waals surface area contributed by atoms with E-state index in [9.17, 15) is 9.59 Å². The zero-order chi connectivity index (χ0) is 16.7. The molecule has 0 atom stereocenters. The lowest BCUT2D eigenvalue weighted by atomic mass is 10.2. The number of hydrogen-bond donors (Lipinski definition) is 3. The van der Waals surface area contributed by atoms with Gasteiger partial charge in [0, 0.05) is 13.0 Å². The highest BCUT2D eigenvalue weighted by molar-refractivity contribution is 7.22. The van der Waals surface area contributed by atoms with Crippen LogP contribution in [0.2, 0.25) is 0 Å². The second-order valence-corrected chi connectivity index (χ2v) is 5.91. The number of amides is 3. The highest BCUT2D eigenvalue weighted by Gasteiger charge is 2.08. The number of aromatic nitrogens is 1. The number of thiazole rings is 1. The number of fused-ring (bicyclic) bond motifs is 1. The normalized spacial score (nSPS) is 10.5. The van der Waals surface area contributed by atoms with Gasteiger partial charge in [-0.25, -0.2) is 9.78 Å². The molecule has 1 aromatic carbocycles. The molecule has 0 saturated carbocycles. The van der Waals surface area contributed by atoms with Crippen molar-refractivity contribution in [3.05, 3.63) is 18.2 Å². The predicted molar refractivity (Wildman–Crippen MR) is 90.9 cm³/mol. The van der Waals surface area contributed by atoms with E-state index in [1.54, 1.807) is 0 Å². The zero-order valence-corrected chi connectivity index (χ0v) is 13.7. The first-order valence-electron chi connectivity index (χ1n) is 7.45. The van der Waals surface area contributed by atoms with Crippen molar-refractivity contribution in [1.29, 1.82) is 0 Å². The molecule has 0 bridgehead atoms. The second-order valence-electron chi connectivity index (χ2n) is 4.88. The molecule has 4 N–H and O–H groups in total. The molecule has 124 valence electrons. The fraction of sp³-hybridized carbons (Fsp3) is 0.400. The van der Waals surface area contributed by atoms with Crippen LogP contribution in [0.4, 0.5) is 9.93 Å². The molecule has 2 rings (SSSR count). The van der Waals surface area contributed by atoms with Crippen molar-refractivity contribution in [3.8, 4) is 5.75 Å². The number of hydrogen-bond acceptors (Lipinski definition) is 5. The second kappa shape index (κ2) is 8.33. The van der Waals surface area contributed by atoms with Crippen molar-refractivity contribution in [1.82, 2.24) is 10.3 Å². The van der Waals surface area contributed by atoms with Crippen molar-refractivity contribution in [3.63, 3.8) is 0 Å². The molecule has 1 heterocycles. The van der Waals surface area contributed by atoms with Crippen molar-refractivity contribution in [2.45, 2.75) is 26.2 Å². The summed E-state index contributed by atoms with van der Waals surface area (Å²) in [6, 6.07) is 5.11. The van der Waals surface area contributed by atoms with Crippen molar-refractivity contribution >= 4 is 38.6 Å². The van der Waals surface area contributed by atoms with Crippen LogP contribution in [0, 0.1) is 0 Å². The average Bonchev–Trinajstić information content (AvgIpc) is 2.88. The smallest absolute Gasteiger partial charge is 0.312 e. The van der Waals surface area contributed by atoms with Crippen LogP contribution in [0.5, 0.6) is 5.75 Å². The van der Waals surface area contributed by atoms with Gasteiger partial charge in [-0.15, -0.1) is 0 Å². The first kappa shape index (κ1) is 17.0. The number of unbranched alkanes of at least 4 members (excludes halogenated alkanes) is 1. The van der Waals surface area contributed by atoms with E-state index in [0.29, 0.717) is 37.5 Å². The Kier molecular flexibility index (Phi) is 6.16. The highest BCUT2D eigenvalue weighted by atomic mass is 32.1. The maximum Gasteiger partial charge on any atom is 0.312 e. The summed E-state index contributed by atoms with van der Waals surface area (Å²) in [6.07, 6.45) is 1.75. The summed E-state index contributed by atoms with van der Waals surface area (Å²) in [7, 11) is 0. The van der Waals surface area contributed by atoms with Crippen LogP contribution in [0.1, 0.15) is 26.2 Å². The molecular formula is C15H20N4O3S. The molecule has 0 aliphatic rings. The largest absolute Gasteiger partial charge is 0.494 e. The van der Waals surface area contributed by atoms with Gasteiger partial charge >= 0.3 is 6.03 Å². The molecule has 3 amide bonds. The van der Waals surface area contributed by atoms with E-state index >= 15 is 0 Å². The monoisotopic (exact) mass is 336 g/mol. The summed E-state index contributed by atoms with van der Waals surface area (Å²) in [4.78, 5) is 26.8. The number of ether oxygens (including phenoxy) is 1. The van der Waals surface area contributed by atoms with Gasteiger partial charge in [-0.1, -0.05) is 11.3 Å². The van der Waals surface area contributed by atoms with Gasteiger partial charge in [0.2, 0.25) is 5.91 Å². The SMILES string of the molecule is CCOc1ccc2nc(NC(=O)CCCCNC(N)=O)sc2c1. The Morgan fingerprint density at radius 2 is 2.17 bits per heavy atom.